The Morgan fingerprint density at radius 1 is 0.481 bits per heavy atom. The van der Waals surface area contributed by atoms with Crippen molar-refractivity contribution in [3.63, 3.8) is 0 Å². The van der Waals surface area contributed by atoms with E-state index in [1.807, 2.05) is 0 Å². The quantitative estimate of drug-likeness (QED) is 0.0945. The molecule has 2 heterocycles. The Morgan fingerprint density at radius 3 is 1.23 bits per heavy atom. The Bertz CT molecular complexity index is 2040. The fourth-order valence-electron chi connectivity index (χ4n) is 5.19. The molecule has 0 atom stereocenters. The van der Waals surface area contributed by atoms with Crippen molar-refractivity contribution < 1.29 is 38.4 Å². The minimum absolute atomic E-state index is 0.00708. The Kier molecular flexibility index (Phi) is 9.98. The van der Waals surface area contributed by atoms with Crippen molar-refractivity contribution in [2.75, 3.05) is 23.7 Å². The summed E-state index contributed by atoms with van der Waals surface area (Å²) in [7, 11) is 0. The number of nitrogens with zero attached hydrogens (tertiary/aromatic N) is 2. The highest BCUT2D eigenvalue weighted by atomic mass is 16.2. The maximum Gasteiger partial charge on any atom is 0.258 e. The average molecular weight is 701 g/mol. The van der Waals surface area contributed by atoms with Crippen LogP contribution < -0.4 is 31.9 Å². The highest BCUT2D eigenvalue weighted by Crippen LogP contribution is 2.23. The number of hydrogen-bond donors (Lipinski definition) is 6. The summed E-state index contributed by atoms with van der Waals surface area (Å²) in [5.41, 5.74) is 3.13. The molecule has 2 aliphatic heterocycles. The van der Waals surface area contributed by atoms with Crippen molar-refractivity contribution in [2.45, 2.75) is 12.8 Å². The summed E-state index contributed by atoms with van der Waals surface area (Å²) in [4.78, 5) is 96.6. The van der Waals surface area contributed by atoms with Crippen LogP contribution in [0.5, 0.6) is 0 Å². The molecule has 16 nitrogen and oxygen atoms in total. The van der Waals surface area contributed by atoms with E-state index in [0.717, 1.165) is 0 Å². The van der Waals surface area contributed by atoms with Crippen LogP contribution >= 0.6 is 0 Å². The average Bonchev–Trinajstić information content (AvgIpc) is 3.59. The van der Waals surface area contributed by atoms with Gasteiger partial charge in [0.25, 0.3) is 35.4 Å². The second-order valence-electron chi connectivity index (χ2n) is 11.5. The molecule has 4 aromatic rings. The van der Waals surface area contributed by atoms with Gasteiger partial charge in [-0.05, 0) is 84.9 Å². The van der Waals surface area contributed by atoms with E-state index in [1.165, 1.54) is 36.4 Å². The van der Waals surface area contributed by atoms with Crippen LogP contribution in [0.1, 0.15) is 75.0 Å². The molecule has 0 aromatic heterocycles. The van der Waals surface area contributed by atoms with E-state index < -0.39 is 35.4 Å². The number of imide groups is 2. The van der Waals surface area contributed by atoms with Crippen molar-refractivity contribution in [3.8, 4) is 0 Å². The van der Waals surface area contributed by atoms with Gasteiger partial charge in [0.05, 0.1) is 33.6 Å². The lowest BCUT2D eigenvalue weighted by atomic mass is 10.1. The zero-order chi connectivity index (χ0) is 36.8. The summed E-state index contributed by atoms with van der Waals surface area (Å²) >= 11 is 0. The third-order valence-corrected chi connectivity index (χ3v) is 7.85. The molecule has 2 aliphatic rings. The molecule has 0 spiro atoms. The Labute approximate surface area is 294 Å². The molecule has 260 valence electrons. The largest absolute Gasteiger partial charge is 0.352 e. The molecule has 0 saturated carbocycles. The molecule has 0 saturated heterocycles. The molecule has 52 heavy (non-hydrogen) atoms. The zero-order valence-electron chi connectivity index (χ0n) is 27.1. The van der Waals surface area contributed by atoms with Gasteiger partial charge in [0.1, 0.15) is 0 Å². The first-order valence-corrected chi connectivity index (χ1v) is 15.8. The van der Waals surface area contributed by atoms with E-state index in [2.05, 4.69) is 42.1 Å². The molecule has 6 N–H and O–H groups in total. The third kappa shape index (κ3) is 8.08. The summed E-state index contributed by atoms with van der Waals surface area (Å²) in [5, 5.41) is 23.4. The molecule has 0 fully saturated rings. The number of fused-ring (bicyclic) bond motifs is 2. The first-order valence-electron chi connectivity index (χ1n) is 15.8. The number of carbonyl (C=O) groups excluding carboxylic acids is 8. The number of azo groups is 1. The van der Waals surface area contributed by atoms with Crippen LogP contribution in [0.2, 0.25) is 0 Å². The first kappa shape index (κ1) is 34.5. The second-order valence-corrected chi connectivity index (χ2v) is 11.5. The lowest BCUT2D eigenvalue weighted by molar-refractivity contribution is -0.116. The van der Waals surface area contributed by atoms with Crippen LogP contribution in [0.4, 0.5) is 22.7 Å². The monoisotopic (exact) mass is 700 g/mol. The van der Waals surface area contributed by atoms with Gasteiger partial charge < -0.3 is 21.3 Å². The molecule has 0 unspecified atom stereocenters. The summed E-state index contributed by atoms with van der Waals surface area (Å²) in [6, 6.07) is 21.6. The van der Waals surface area contributed by atoms with Gasteiger partial charge in [-0.25, -0.2) is 0 Å². The number of carbonyl (C=O) groups is 8. The van der Waals surface area contributed by atoms with Gasteiger partial charge in [0, 0.05) is 48.4 Å². The van der Waals surface area contributed by atoms with Crippen LogP contribution in [0.25, 0.3) is 0 Å². The molecule has 4 aromatic carbocycles. The van der Waals surface area contributed by atoms with Gasteiger partial charge in [-0.15, -0.1) is 0 Å². The molecule has 16 heteroatoms. The number of benzene rings is 4. The molecular formula is C36H28N8O8. The summed E-state index contributed by atoms with van der Waals surface area (Å²) in [5.74, 6) is -3.79. The normalized spacial score (nSPS) is 12.8. The smallest absolute Gasteiger partial charge is 0.258 e. The fourth-order valence-corrected chi connectivity index (χ4v) is 5.19. The Morgan fingerprint density at radius 2 is 0.846 bits per heavy atom. The van der Waals surface area contributed by atoms with Gasteiger partial charge in [0.2, 0.25) is 11.8 Å². The van der Waals surface area contributed by atoms with Gasteiger partial charge in [-0.1, -0.05) is 0 Å². The highest BCUT2D eigenvalue weighted by Gasteiger charge is 2.28. The van der Waals surface area contributed by atoms with Crippen molar-refractivity contribution in [1.29, 1.82) is 0 Å². The van der Waals surface area contributed by atoms with Gasteiger partial charge in [-0.3, -0.25) is 49.0 Å². The molecular weight excluding hydrogens is 672 g/mol. The Balaban J connectivity index is 0.894. The topological polar surface area (TPSA) is 233 Å². The van der Waals surface area contributed by atoms with Crippen LogP contribution in [0.15, 0.2) is 95.2 Å². The molecule has 0 aliphatic carbocycles. The standard InChI is InChI=1S/C36H28N8O8/c45-29(13-15-37-31(47)19-1-11-25-27(17-19)35(51)41-33(25)49)39-21-3-7-23(8-4-21)43-44-24-9-5-22(6-10-24)40-30(46)14-16-38-32(48)20-2-12-26-28(18-20)36(52)42-34(26)50/h1-12,17-18H,13-16H2,(H,37,47)(H,38,48)(H,39,45)(H,40,46)(H,41,49,51)(H,42,50,52). The number of amides is 8. The minimum Gasteiger partial charge on any atom is -0.352 e. The third-order valence-electron chi connectivity index (χ3n) is 7.85. The predicted octanol–water partition coefficient (Wildman–Crippen LogP) is 3.39. The van der Waals surface area contributed by atoms with Crippen LogP contribution in [0.3, 0.4) is 0 Å². The van der Waals surface area contributed by atoms with Crippen LogP contribution in [-0.4, -0.2) is 60.3 Å². The number of nitrogens with one attached hydrogen (secondary N) is 6. The lowest BCUT2D eigenvalue weighted by Crippen LogP contribution is -2.27. The van der Waals surface area contributed by atoms with Crippen LogP contribution in [0, 0.1) is 0 Å². The van der Waals surface area contributed by atoms with E-state index in [4.69, 9.17) is 0 Å². The highest BCUT2D eigenvalue weighted by molar-refractivity contribution is 6.23. The van der Waals surface area contributed by atoms with Crippen molar-refractivity contribution in [1.82, 2.24) is 21.3 Å². The molecule has 8 amide bonds. The van der Waals surface area contributed by atoms with Crippen molar-refractivity contribution in [3.05, 3.63) is 118 Å². The lowest BCUT2D eigenvalue weighted by Gasteiger charge is -2.08. The van der Waals surface area contributed by atoms with Crippen molar-refractivity contribution >= 4 is 70.0 Å². The van der Waals surface area contributed by atoms with E-state index in [-0.39, 0.29) is 71.1 Å². The van der Waals surface area contributed by atoms with Crippen LogP contribution in [-0.2, 0) is 9.59 Å². The zero-order valence-corrected chi connectivity index (χ0v) is 27.1. The second kappa shape index (κ2) is 15.0. The van der Waals surface area contributed by atoms with Gasteiger partial charge in [-0.2, -0.15) is 10.2 Å². The fraction of sp³-hybridized carbons (Fsp3) is 0.111. The summed E-state index contributed by atoms with van der Waals surface area (Å²) < 4.78 is 0. The van der Waals surface area contributed by atoms with Gasteiger partial charge >= 0.3 is 0 Å². The van der Waals surface area contributed by atoms with Crippen molar-refractivity contribution in [2.24, 2.45) is 10.2 Å². The summed E-state index contributed by atoms with van der Waals surface area (Å²) in [6.07, 6.45) is -0.0142. The van der Waals surface area contributed by atoms with Gasteiger partial charge in [0.15, 0.2) is 0 Å². The first-order chi connectivity index (χ1) is 25.0. The number of anilines is 2. The molecule has 6 rings (SSSR count). The van der Waals surface area contributed by atoms with E-state index in [0.29, 0.717) is 22.7 Å². The maximum atomic E-state index is 12.4. The predicted molar refractivity (Wildman–Crippen MR) is 185 cm³/mol. The number of hydrogen-bond acceptors (Lipinski definition) is 10. The summed E-state index contributed by atoms with van der Waals surface area (Å²) in [6.45, 7) is 0.0924. The SMILES string of the molecule is O=C(CCNC(=O)c1ccc2c(c1)C(=O)NC2=O)Nc1ccc(N=Nc2ccc(NC(=O)CCNC(=O)c3ccc4c(c3)C(=O)NC4=O)cc2)cc1. The molecule has 0 radical (unpaired) electrons. The minimum atomic E-state index is -0.563. The number of rotatable bonds is 12. The van der Waals surface area contributed by atoms with E-state index in [1.54, 1.807) is 48.5 Å². The van der Waals surface area contributed by atoms with E-state index >= 15 is 0 Å². The van der Waals surface area contributed by atoms with E-state index in [9.17, 15) is 38.4 Å². The Hall–Kier alpha value is -7.36. The molecule has 0 bridgehead atoms. The maximum absolute atomic E-state index is 12.4.